The zero-order valence-corrected chi connectivity index (χ0v) is 14.8. The fourth-order valence-corrected chi connectivity index (χ4v) is 1.24. The van der Waals surface area contributed by atoms with Crippen LogP contribution in [0.15, 0.2) is 0 Å². The molecule has 0 saturated carbocycles. The summed E-state index contributed by atoms with van der Waals surface area (Å²) < 4.78 is 15.4. The second-order valence-corrected chi connectivity index (χ2v) is 4.72. The largest absolute Gasteiger partial charge is 0.394 e. The molecular weight excluding hydrogens is 329 g/mol. The van der Waals surface area contributed by atoms with Gasteiger partial charge < -0.3 is 24.6 Å². The molecule has 0 aliphatic rings. The number of aliphatic hydroxyl groups is 1. The minimum atomic E-state index is -0.115. The van der Waals surface area contributed by atoms with E-state index in [9.17, 15) is 9.59 Å². The number of aliphatic hydroxyl groups excluding tert-OH is 1. The van der Waals surface area contributed by atoms with Crippen LogP contribution in [-0.4, -0.2) is 69.6 Å². The van der Waals surface area contributed by atoms with E-state index in [0.717, 1.165) is 0 Å². The van der Waals surface area contributed by atoms with Crippen molar-refractivity contribution in [1.82, 2.24) is 5.32 Å². The standard InChI is InChI=1S/C14H27NO6.V/c1-12(2)13(17)11-21-10-9-20-7-4-15-14(18)3-6-19-8-5-16;/h12,16H,3-11H2,1-2H3,(H,15,18);. The van der Waals surface area contributed by atoms with Crippen LogP contribution in [-0.2, 0) is 42.4 Å². The van der Waals surface area contributed by atoms with Gasteiger partial charge in [0.25, 0.3) is 0 Å². The molecular formula is C14H27NO6V. The molecule has 7 nitrogen and oxygen atoms in total. The van der Waals surface area contributed by atoms with Gasteiger partial charge in [0.15, 0.2) is 5.78 Å². The van der Waals surface area contributed by atoms with Crippen LogP contribution in [0, 0.1) is 5.92 Å². The zero-order chi connectivity index (χ0) is 15.9. The quantitative estimate of drug-likeness (QED) is 0.417. The van der Waals surface area contributed by atoms with Crippen molar-refractivity contribution in [2.45, 2.75) is 20.3 Å². The fraction of sp³-hybridized carbons (Fsp3) is 0.857. The first-order valence-corrected chi connectivity index (χ1v) is 7.21. The Labute approximate surface area is 143 Å². The summed E-state index contributed by atoms with van der Waals surface area (Å²) in [6, 6.07) is 0. The Bertz CT molecular complexity index is 289. The second-order valence-electron chi connectivity index (χ2n) is 4.72. The normalized spacial score (nSPS) is 10.4. The van der Waals surface area contributed by atoms with Crippen molar-refractivity contribution in [2.75, 3.05) is 52.8 Å². The number of amides is 1. The zero-order valence-electron chi connectivity index (χ0n) is 13.4. The molecule has 2 N–H and O–H groups in total. The SMILES string of the molecule is CC(C)C(=O)COCCOCCNC(=O)CCOCCO.[V]. The van der Waals surface area contributed by atoms with Gasteiger partial charge in [-0.3, -0.25) is 9.59 Å². The Morgan fingerprint density at radius 2 is 1.64 bits per heavy atom. The number of Topliss-reactive ketones (excluding diaryl/α,β-unsaturated/α-hetero) is 1. The van der Waals surface area contributed by atoms with Crippen LogP contribution in [0.1, 0.15) is 20.3 Å². The van der Waals surface area contributed by atoms with Crippen molar-refractivity contribution < 1.29 is 47.5 Å². The molecule has 0 aromatic rings. The molecule has 0 spiro atoms. The van der Waals surface area contributed by atoms with Crippen LogP contribution in [0.2, 0.25) is 0 Å². The molecule has 0 aliphatic carbocycles. The summed E-state index contributed by atoms with van der Waals surface area (Å²) in [5.74, 6) is -0.0523. The van der Waals surface area contributed by atoms with E-state index in [1.807, 2.05) is 13.8 Å². The van der Waals surface area contributed by atoms with E-state index in [4.69, 9.17) is 19.3 Å². The van der Waals surface area contributed by atoms with Gasteiger partial charge >= 0.3 is 0 Å². The van der Waals surface area contributed by atoms with Crippen LogP contribution >= 0.6 is 0 Å². The van der Waals surface area contributed by atoms with Gasteiger partial charge in [0.2, 0.25) is 5.91 Å². The van der Waals surface area contributed by atoms with Gasteiger partial charge in [-0.25, -0.2) is 0 Å². The Kier molecular flexibility index (Phi) is 18.3. The third-order valence-electron chi connectivity index (χ3n) is 2.54. The predicted octanol–water partition coefficient (Wildman–Crippen LogP) is -0.243. The molecule has 0 heterocycles. The van der Waals surface area contributed by atoms with Gasteiger partial charge in [-0.05, 0) is 0 Å². The molecule has 8 heteroatoms. The molecule has 1 amide bonds. The number of rotatable bonds is 14. The van der Waals surface area contributed by atoms with Crippen molar-refractivity contribution in [3.05, 3.63) is 0 Å². The number of ether oxygens (including phenoxy) is 3. The van der Waals surface area contributed by atoms with E-state index in [-0.39, 0.29) is 62.4 Å². The molecule has 0 aromatic heterocycles. The first-order valence-electron chi connectivity index (χ1n) is 7.21. The van der Waals surface area contributed by atoms with Gasteiger partial charge in [0.1, 0.15) is 6.61 Å². The van der Waals surface area contributed by atoms with Crippen LogP contribution in [0.5, 0.6) is 0 Å². The monoisotopic (exact) mass is 356 g/mol. The molecule has 0 atom stereocenters. The summed E-state index contributed by atoms with van der Waals surface area (Å²) in [5.41, 5.74) is 0. The summed E-state index contributed by atoms with van der Waals surface area (Å²) in [7, 11) is 0. The smallest absolute Gasteiger partial charge is 0.222 e. The summed E-state index contributed by atoms with van der Waals surface area (Å²) in [5, 5.41) is 11.2. The molecule has 129 valence electrons. The fourth-order valence-electron chi connectivity index (χ4n) is 1.24. The average molecular weight is 356 g/mol. The van der Waals surface area contributed by atoms with E-state index in [1.54, 1.807) is 0 Å². The number of ketones is 1. The number of hydrogen-bond donors (Lipinski definition) is 2. The number of carbonyl (C=O) groups excluding carboxylic acids is 2. The van der Waals surface area contributed by atoms with Crippen LogP contribution in [0.4, 0.5) is 0 Å². The first kappa shape index (κ1) is 23.8. The molecule has 0 aromatic carbocycles. The van der Waals surface area contributed by atoms with Gasteiger partial charge in [-0.2, -0.15) is 0 Å². The van der Waals surface area contributed by atoms with Crippen LogP contribution in [0.25, 0.3) is 0 Å². The first-order chi connectivity index (χ1) is 10.1. The summed E-state index contributed by atoms with van der Waals surface area (Å²) in [4.78, 5) is 22.6. The van der Waals surface area contributed by atoms with Crippen LogP contribution < -0.4 is 5.32 Å². The maximum absolute atomic E-state index is 11.3. The van der Waals surface area contributed by atoms with E-state index in [0.29, 0.717) is 33.0 Å². The van der Waals surface area contributed by atoms with Gasteiger partial charge in [-0.15, -0.1) is 0 Å². The maximum Gasteiger partial charge on any atom is 0.222 e. The minimum absolute atomic E-state index is 0. The van der Waals surface area contributed by atoms with Crippen LogP contribution in [0.3, 0.4) is 0 Å². The van der Waals surface area contributed by atoms with Crippen molar-refractivity contribution in [3.8, 4) is 0 Å². The number of hydrogen-bond acceptors (Lipinski definition) is 6. The molecule has 0 aliphatic heterocycles. The van der Waals surface area contributed by atoms with Crippen molar-refractivity contribution in [2.24, 2.45) is 5.92 Å². The summed E-state index contributed by atoms with van der Waals surface area (Å²) in [6.07, 6.45) is 0.264. The molecule has 0 rings (SSSR count). The molecule has 22 heavy (non-hydrogen) atoms. The minimum Gasteiger partial charge on any atom is -0.394 e. The Morgan fingerprint density at radius 3 is 2.27 bits per heavy atom. The maximum atomic E-state index is 11.3. The van der Waals surface area contributed by atoms with Crippen molar-refractivity contribution in [1.29, 1.82) is 0 Å². The number of nitrogens with one attached hydrogen (secondary N) is 1. The van der Waals surface area contributed by atoms with Gasteiger partial charge in [0.05, 0.1) is 39.6 Å². The Balaban J connectivity index is 0. The second kappa shape index (κ2) is 16.9. The Morgan fingerprint density at radius 1 is 1.00 bits per heavy atom. The van der Waals surface area contributed by atoms with Crippen molar-refractivity contribution >= 4 is 11.7 Å². The molecule has 0 unspecified atom stereocenters. The predicted molar refractivity (Wildman–Crippen MR) is 77.0 cm³/mol. The molecule has 0 saturated heterocycles. The van der Waals surface area contributed by atoms with Crippen molar-refractivity contribution in [3.63, 3.8) is 0 Å². The topological polar surface area (TPSA) is 94.1 Å². The van der Waals surface area contributed by atoms with Gasteiger partial charge in [0, 0.05) is 37.4 Å². The Hall–Kier alpha value is -0.436. The van der Waals surface area contributed by atoms with Gasteiger partial charge in [-0.1, -0.05) is 13.8 Å². The number of carbonyl (C=O) groups is 2. The van der Waals surface area contributed by atoms with E-state index in [2.05, 4.69) is 5.32 Å². The van der Waals surface area contributed by atoms with E-state index >= 15 is 0 Å². The summed E-state index contributed by atoms with van der Waals surface area (Å²) >= 11 is 0. The molecule has 1 radical (unpaired) electrons. The van der Waals surface area contributed by atoms with E-state index in [1.165, 1.54) is 0 Å². The summed E-state index contributed by atoms with van der Waals surface area (Å²) in [6.45, 7) is 5.85. The third-order valence-corrected chi connectivity index (χ3v) is 2.54. The molecule has 0 fully saturated rings. The third kappa shape index (κ3) is 15.9. The van der Waals surface area contributed by atoms with E-state index < -0.39 is 0 Å². The molecule has 0 bridgehead atoms. The average Bonchev–Trinajstić information content (AvgIpc) is 2.46.